The molecule has 1 fully saturated rings. The van der Waals surface area contributed by atoms with Crippen LogP contribution < -0.4 is 4.90 Å². The number of nitrogens with one attached hydrogen (secondary N) is 1. The van der Waals surface area contributed by atoms with Crippen LogP contribution >= 0.6 is 0 Å². The summed E-state index contributed by atoms with van der Waals surface area (Å²) in [5.74, 6) is 0.164. The van der Waals surface area contributed by atoms with Crippen LogP contribution in [0.2, 0.25) is 0 Å². The maximum atomic E-state index is 12.7. The topological polar surface area (TPSA) is 49.0 Å². The van der Waals surface area contributed by atoms with Gasteiger partial charge in [-0.15, -0.1) is 0 Å². The van der Waals surface area contributed by atoms with Gasteiger partial charge in [0.2, 0.25) is 5.91 Å². The van der Waals surface area contributed by atoms with E-state index in [9.17, 15) is 4.79 Å². The van der Waals surface area contributed by atoms with Crippen molar-refractivity contribution in [2.24, 2.45) is 0 Å². The van der Waals surface area contributed by atoms with Crippen LogP contribution in [0.1, 0.15) is 17.9 Å². The molecule has 4 heteroatoms. The monoisotopic (exact) mass is 303 g/mol. The highest BCUT2D eigenvalue weighted by Crippen LogP contribution is 2.32. The molecule has 1 aliphatic heterocycles. The summed E-state index contributed by atoms with van der Waals surface area (Å²) in [5.41, 5.74) is 4.20. The second kappa shape index (κ2) is 5.72. The lowest BCUT2D eigenvalue weighted by Crippen LogP contribution is -2.26. The molecule has 23 heavy (non-hydrogen) atoms. The van der Waals surface area contributed by atoms with Crippen molar-refractivity contribution in [1.82, 2.24) is 10.2 Å². The first kappa shape index (κ1) is 13.8. The average molecular weight is 303 g/mol. The maximum Gasteiger partial charge on any atom is 0.234 e. The third kappa shape index (κ3) is 2.52. The van der Waals surface area contributed by atoms with Crippen LogP contribution in [0, 0.1) is 0 Å². The largest absolute Gasteiger partial charge is 0.312 e. The molecule has 1 atom stereocenters. The number of aromatic amines is 1. The molecule has 0 unspecified atom stereocenters. The van der Waals surface area contributed by atoms with Gasteiger partial charge in [0, 0.05) is 24.0 Å². The molecule has 1 aliphatic rings. The van der Waals surface area contributed by atoms with E-state index in [0.717, 1.165) is 35.3 Å². The molecule has 2 heterocycles. The standard InChI is InChI=1S/C19H17N3O/c23-19-18(15-4-2-1-3-5-15)10-11-22(19)17-8-6-14(7-9-17)16-12-20-21-13-16/h1-9,12-13,18H,10-11H2,(H,20,21)/t18-/m0/s1. The Bertz CT molecular complexity index is 794. The van der Waals surface area contributed by atoms with E-state index in [4.69, 9.17) is 0 Å². The van der Waals surface area contributed by atoms with Gasteiger partial charge in [0.25, 0.3) is 0 Å². The van der Waals surface area contributed by atoms with Crippen molar-refractivity contribution in [3.05, 3.63) is 72.6 Å². The minimum Gasteiger partial charge on any atom is -0.312 e. The zero-order valence-electron chi connectivity index (χ0n) is 12.6. The smallest absolute Gasteiger partial charge is 0.234 e. The second-order valence-corrected chi connectivity index (χ2v) is 5.78. The predicted molar refractivity (Wildman–Crippen MR) is 90.2 cm³/mol. The van der Waals surface area contributed by atoms with E-state index in [2.05, 4.69) is 10.2 Å². The van der Waals surface area contributed by atoms with E-state index in [-0.39, 0.29) is 11.8 Å². The number of hydrogen-bond donors (Lipinski definition) is 1. The first-order valence-corrected chi connectivity index (χ1v) is 7.78. The average Bonchev–Trinajstić information content (AvgIpc) is 3.26. The number of anilines is 1. The lowest BCUT2D eigenvalue weighted by molar-refractivity contribution is -0.118. The third-order valence-electron chi connectivity index (χ3n) is 4.42. The molecule has 4 nitrogen and oxygen atoms in total. The normalized spacial score (nSPS) is 17.7. The predicted octanol–water partition coefficient (Wildman–Crippen LogP) is 3.60. The number of carbonyl (C=O) groups is 1. The summed E-state index contributed by atoms with van der Waals surface area (Å²) in [4.78, 5) is 14.6. The van der Waals surface area contributed by atoms with E-state index < -0.39 is 0 Å². The van der Waals surface area contributed by atoms with E-state index in [1.807, 2.05) is 65.7 Å². The van der Waals surface area contributed by atoms with E-state index >= 15 is 0 Å². The molecule has 0 radical (unpaired) electrons. The van der Waals surface area contributed by atoms with Gasteiger partial charge in [-0.1, -0.05) is 42.5 Å². The highest BCUT2D eigenvalue weighted by molar-refractivity contribution is 6.00. The van der Waals surface area contributed by atoms with Crippen LogP contribution in [0.3, 0.4) is 0 Å². The summed E-state index contributed by atoms with van der Waals surface area (Å²) in [7, 11) is 0. The molecule has 0 aliphatic carbocycles. The Balaban J connectivity index is 1.56. The minimum atomic E-state index is -0.0234. The molecule has 4 rings (SSSR count). The van der Waals surface area contributed by atoms with Crippen LogP contribution in [0.5, 0.6) is 0 Å². The Hall–Kier alpha value is -2.88. The van der Waals surface area contributed by atoms with Gasteiger partial charge in [-0.3, -0.25) is 9.89 Å². The van der Waals surface area contributed by atoms with Crippen LogP contribution in [0.25, 0.3) is 11.1 Å². The van der Waals surface area contributed by atoms with Gasteiger partial charge in [-0.05, 0) is 29.7 Å². The number of rotatable bonds is 3. The number of hydrogen-bond acceptors (Lipinski definition) is 2. The van der Waals surface area contributed by atoms with E-state index in [0.29, 0.717) is 0 Å². The minimum absolute atomic E-state index is 0.0234. The van der Waals surface area contributed by atoms with Gasteiger partial charge < -0.3 is 4.90 Å². The van der Waals surface area contributed by atoms with Crippen molar-refractivity contribution < 1.29 is 4.79 Å². The quantitative estimate of drug-likeness (QED) is 0.803. The molecule has 1 aromatic heterocycles. The molecule has 2 aromatic carbocycles. The number of carbonyl (C=O) groups excluding carboxylic acids is 1. The zero-order valence-corrected chi connectivity index (χ0v) is 12.6. The molecule has 0 spiro atoms. The van der Waals surface area contributed by atoms with Crippen molar-refractivity contribution in [2.75, 3.05) is 11.4 Å². The molecular weight excluding hydrogens is 286 g/mol. The fourth-order valence-corrected chi connectivity index (χ4v) is 3.17. The van der Waals surface area contributed by atoms with Gasteiger partial charge in [0.15, 0.2) is 0 Å². The van der Waals surface area contributed by atoms with Gasteiger partial charge in [-0.2, -0.15) is 5.10 Å². The summed E-state index contributed by atoms with van der Waals surface area (Å²) in [6.45, 7) is 0.767. The molecule has 0 saturated carbocycles. The molecule has 1 N–H and O–H groups in total. The first-order chi connectivity index (χ1) is 11.3. The Morgan fingerprint density at radius 2 is 1.78 bits per heavy atom. The molecular formula is C19H17N3O. The van der Waals surface area contributed by atoms with Crippen molar-refractivity contribution in [3.8, 4) is 11.1 Å². The number of nitrogens with zero attached hydrogens (tertiary/aromatic N) is 2. The third-order valence-corrected chi connectivity index (χ3v) is 4.42. The van der Waals surface area contributed by atoms with E-state index in [1.54, 1.807) is 6.20 Å². The van der Waals surface area contributed by atoms with Gasteiger partial charge in [0.1, 0.15) is 0 Å². The fourth-order valence-electron chi connectivity index (χ4n) is 3.17. The van der Waals surface area contributed by atoms with Gasteiger partial charge in [0.05, 0.1) is 12.1 Å². The van der Waals surface area contributed by atoms with Crippen LogP contribution in [0.4, 0.5) is 5.69 Å². The zero-order chi connectivity index (χ0) is 15.6. The Morgan fingerprint density at radius 1 is 1.00 bits per heavy atom. The first-order valence-electron chi connectivity index (χ1n) is 7.78. The lowest BCUT2D eigenvalue weighted by Gasteiger charge is -2.17. The molecule has 0 bridgehead atoms. The van der Waals surface area contributed by atoms with Crippen molar-refractivity contribution in [3.63, 3.8) is 0 Å². The summed E-state index contributed by atoms with van der Waals surface area (Å²) in [6.07, 6.45) is 4.52. The SMILES string of the molecule is O=C1[C@H](c2ccccc2)CCN1c1ccc(-c2cn[nH]c2)cc1. The number of H-pyrrole nitrogens is 1. The Morgan fingerprint density at radius 3 is 2.48 bits per heavy atom. The number of benzene rings is 2. The summed E-state index contributed by atoms with van der Waals surface area (Å²) >= 11 is 0. The number of aromatic nitrogens is 2. The molecule has 114 valence electrons. The fraction of sp³-hybridized carbons (Fsp3) is 0.158. The van der Waals surface area contributed by atoms with Gasteiger partial charge >= 0.3 is 0 Å². The summed E-state index contributed by atoms with van der Waals surface area (Å²) < 4.78 is 0. The Labute approximate surface area is 134 Å². The van der Waals surface area contributed by atoms with Crippen molar-refractivity contribution in [1.29, 1.82) is 0 Å². The van der Waals surface area contributed by atoms with Crippen LogP contribution in [-0.4, -0.2) is 22.6 Å². The lowest BCUT2D eigenvalue weighted by atomic mass is 9.98. The second-order valence-electron chi connectivity index (χ2n) is 5.78. The van der Waals surface area contributed by atoms with Gasteiger partial charge in [-0.25, -0.2) is 0 Å². The molecule has 3 aromatic rings. The highest BCUT2D eigenvalue weighted by Gasteiger charge is 2.33. The molecule has 1 saturated heterocycles. The molecule has 1 amide bonds. The summed E-state index contributed by atoms with van der Waals surface area (Å²) in [5, 5.41) is 6.78. The van der Waals surface area contributed by atoms with Crippen molar-refractivity contribution in [2.45, 2.75) is 12.3 Å². The number of amides is 1. The van der Waals surface area contributed by atoms with Crippen LogP contribution in [-0.2, 0) is 4.79 Å². The van der Waals surface area contributed by atoms with Crippen LogP contribution in [0.15, 0.2) is 67.0 Å². The van der Waals surface area contributed by atoms with E-state index in [1.165, 1.54) is 0 Å². The van der Waals surface area contributed by atoms with Crippen molar-refractivity contribution >= 4 is 11.6 Å². The Kier molecular flexibility index (Phi) is 3.42. The summed E-state index contributed by atoms with van der Waals surface area (Å²) in [6, 6.07) is 18.1. The highest BCUT2D eigenvalue weighted by atomic mass is 16.2. The maximum absolute atomic E-state index is 12.7.